The summed E-state index contributed by atoms with van der Waals surface area (Å²) >= 11 is 0. The second-order valence-electron chi connectivity index (χ2n) is 15.0. The number of urea groups is 1. The number of carboxylic acid groups (broad SMARTS) is 1. The van der Waals surface area contributed by atoms with E-state index in [9.17, 15) is 24.3 Å². The minimum Gasteiger partial charge on any atom is -0.497 e. The number of carbonyl (C=O) groups excluding carboxylic acids is 3. The van der Waals surface area contributed by atoms with Crippen LogP contribution in [0.3, 0.4) is 0 Å². The zero-order chi connectivity index (χ0) is 40.5. The maximum atomic E-state index is 14.4. The van der Waals surface area contributed by atoms with Crippen LogP contribution >= 0.6 is 0 Å². The molecule has 7 rings (SSSR count). The molecule has 0 spiro atoms. The van der Waals surface area contributed by atoms with Gasteiger partial charge in [-0.3, -0.25) is 14.5 Å². The monoisotopic (exact) mass is 769 g/mol. The van der Waals surface area contributed by atoms with Gasteiger partial charge in [0.1, 0.15) is 33.9 Å². The van der Waals surface area contributed by atoms with Crippen molar-refractivity contribution in [2.24, 2.45) is 11.8 Å². The Hall–Kier alpha value is -6.81. The lowest BCUT2D eigenvalue weighted by Gasteiger charge is -2.35. The van der Waals surface area contributed by atoms with Crippen molar-refractivity contribution < 1.29 is 38.2 Å². The van der Waals surface area contributed by atoms with Crippen molar-refractivity contribution in [2.75, 3.05) is 20.2 Å². The maximum Gasteiger partial charge on any atom is 0.330 e. The molecule has 4 amide bonds. The van der Waals surface area contributed by atoms with Crippen molar-refractivity contribution in [1.29, 1.82) is 0 Å². The van der Waals surface area contributed by atoms with E-state index in [1.165, 1.54) is 17.1 Å². The number of nitrogens with one attached hydrogen (secondary N) is 3. The van der Waals surface area contributed by atoms with Gasteiger partial charge in [0.15, 0.2) is 5.76 Å². The second kappa shape index (κ2) is 15.4. The highest BCUT2D eigenvalue weighted by Gasteiger charge is 2.62. The minimum atomic E-state index is -1.70. The van der Waals surface area contributed by atoms with Crippen molar-refractivity contribution in [3.05, 3.63) is 115 Å². The van der Waals surface area contributed by atoms with Crippen LogP contribution in [0.5, 0.6) is 11.5 Å². The van der Waals surface area contributed by atoms with Gasteiger partial charge in [-0.15, -0.1) is 6.58 Å². The number of furan rings is 1. The molecule has 1 saturated carbocycles. The van der Waals surface area contributed by atoms with Gasteiger partial charge in [-0.05, 0) is 56.0 Å². The summed E-state index contributed by atoms with van der Waals surface area (Å²) in [5, 5.41) is 20.0. The van der Waals surface area contributed by atoms with Gasteiger partial charge in [0.2, 0.25) is 0 Å². The number of hydrogen-bond acceptors (Lipinski definition) is 8. The van der Waals surface area contributed by atoms with Gasteiger partial charge in [-0.25, -0.2) is 14.6 Å². The van der Waals surface area contributed by atoms with Crippen LogP contribution < -0.4 is 25.4 Å². The van der Waals surface area contributed by atoms with Crippen molar-refractivity contribution in [2.45, 2.75) is 50.7 Å². The first-order chi connectivity index (χ1) is 27.3. The predicted molar refractivity (Wildman–Crippen MR) is 212 cm³/mol. The van der Waals surface area contributed by atoms with Gasteiger partial charge < -0.3 is 34.9 Å². The summed E-state index contributed by atoms with van der Waals surface area (Å²) in [4.78, 5) is 60.4. The average molecular weight is 770 g/mol. The highest BCUT2D eigenvalue weighted by molar-refractivity contribution is 5.99. The number of methoxy groups -OCH3 is 1. The van der Waals surface area contributed by atoms with Gasteiger partial charge in [0.25, 0.3) is 11.8 Å². The third-order valence-electron chi connectivity index (χ3n) is 10.4. The molecule has 2 aromatic heterocycles. The largest absolute Gasteiger partial charge is 0.497 e. The molecule has 3 aromatic carbocycles. The predicted octanol–water partition coefficient (Wildman–Crippen LogP) is 6.29. The summed E-state index contributed by atoms with van der Waals surface area (Å²) in [6, 6.07) is 26.2. The molecule has 13 nitrogen and oxygen atoms in total. The normalized spacial score (nSPS) is 20.3. The summed E-state index contributed by atoms with van der Waals surface area (Å²) in [6.45, 7) is 9.16. The van der Waals surface area contributed by atoms with E-state index in [2.05, 4.69) is 34.7 Å². The quantitative estimate of drug-likeness (QED) is 0.0947. The zero-order valence-corrected chi connectivity index (χ0v) is 32.0. The van der Waals surface area contributed by atoms with E-state index < -0.39 is 46.9 Å². The van der Waals surface area contributed by atoms with E-state index in [-0.39, 0.29) is 36.9 Å². The summed E-state index contributed by atoms with van der Waals surface area (Å²) < 4.78 is 17.7. The first-order valence-corrected chi connectivity index (χ1v) is 18.6. The number of aromatic nitrogens is 1. The van der Waals surface area contributed by atoms with Crippen LogP contribution in [0, 0.1) is 24.0 Å². The molecule has 1 aliphatic heterocycles. The number of carboxylic acids is 1. The Morgan fingerprint density at radius 3 is 2.60 bits per heavy atom. The molecule has 5 aromatic rings. The van der Waals surface area contributed by atoms with Crippen molar-refractivity contribution in [3.63, 3.8) is 0 Å². The summed E-state index contributed by atoms with van der Waals surface area (Å²) in [6.07, 6.45) is 3.69. The molecule has 292 valence electrons. The minimum absolute atomic E-state index is 0.0566. The molecule has 3 heterocycles. The lowest BCUT2D eigenvalue weighted by atomic mass is 9.99. The molecule has 0 saturated heterocycles. The molecular formula is C44H43N5O8. The van der Waals surface area contributed by atoms with Crippen LogP contribution in [-0.4, -0.2) is 76.1 Å². The molecule has 0 radical (unpaired) electrons. The number of carbonyl (C=O) groups is 4. The fourth-order valence-corrected chi connectivity index (χ4v) is 7.21. The summed E-state index contributed by atoms with van der Waals surface area (Å²) in [5.41, 5.74) is -0.677. The molecule has 0 bridgehead atoms. The Morgan fingerprint density at radius 1 is 1.12 bits per heavy atom. The Kier molecular flexibility index (Phi) is 10.4. The lowest BCUT2D eigenvalue weighted by Crippen LogP contribution is -2.62. The summed E-state index contributed by atoms with van der Waals surface area (Å²) in [5.74, 6) is -1.34. The summed E-state index contributed by atoms with van der Waals surface area (Å²) in [7, 11) is 1.57. The molecule has 2 aliphatic rings. The topological polar surface area (TPSA) is 172 Å². The fourth-order valence-electron chi connectivity index (χ4n) is 7.21. The molecule has 13 heteroatoms. The van der Waals surface area contributed by atoms with Crippen LogP contribution in [0.1, 0.15) is 44.2 Å². The van der Waals surface area contributed by atoms with Crippen molar-refractivity contribution >= 4 is 45.7 Å². The molecular weight excluding hydrogens is 727 g/mol. The Labute approximate surface area is 329 Å². The van der Waals surface area contributed by atoms with E-state index in [0.717, 1.165) is 5.56 Å². The number of amides is 4. The Morgan fingerprint density at radius 2 is 1.91 bits per heavy atom. The van der Waals surface area contributed by atoms with E-state index in [4.69, 9.17) is 18.9 Å². The second-order valence-corrected chi connectivity index (χ2v) is 15.0. The van der Waals surface area contributed by atoms with E-state index in [1.807, 2.05) is 50.2 Å². The number of aliphatic carboxylic acids is 1. The average Bonchev–Trinajstić information content (AvgIpc) is 3.56. The van der Waals surface area contributed by atoms with Gasteiger partial charge in [0, 0.05) is 47.7 Å². The number of fused-ring (bicyclic) bond motifs is 2. The molecule has 57 heavy (non-hydrogen) atoms. The molecule has 1 fully saturated rings. The van der Waals surface area contributed by atoms with Gasteiger partial charge in [-0.1, -0.05) is 62.4 Å². The first-order valence-electron chi connectivity index (χ1n) is 18.6. The van der Waals surface area contributed by atoms with Crippen LogP contribution in [-0.2, 0) is 9.59 Å². The Balaban J connectivity index is 1.18. The Bertz CT molecular complexity index is 2370. The zero-order valence-electron chi connectivity index (χ0n) is 32.0. The third-order valence-corrected chi connectivity index (χ3v) is 10.4. The SMILES string of the molecule is C=C[C@@H]1C[C@]1(NC(=O)C1(C)C=C(Oc2cc(-c3ccccc3)nc3cc(OC)ccc23)CN1C(=O)N[C@H](CNC(=O)c1cc2c#cccc2o1)CC(C)C)C(=O)O. The molecule has 4 atom stereocenters. The van der Waals surface area contributed by atoms with Crippen LogP contribution in [0.15, 0.2) is 102 Å². The number of ether oxygens (including phenoxy) is 2. The van der Waals surface area contributed by atoms with Crippen LogP contribution in [0.4, 0.5) is 4.79 Å². The van der Waals surface area contributed by atoms with E-state index in [1.54, 1.807) is 50.4 Å². The molecule has 1 unspecified atom stereocenters. The first kappa shape index (κ1) is 38.5. The van der Waals surface area contributed by atoms with E-state index in [0.29, 0.717) is 45.5 Å². The van der Waals surface area contributed by atoms with Gasteiger partial charge >= 0.3 is 12.0 Å². The van der Waals surface area contributed by atoms with E-state index >= 15 is 0 Å². The fraction of sp³-hybridized carbons (Fsp3) is 0.295. The standard InChI is InChI=1S/C44H43N5O8/c1-6-29-22-44(29,41(52)53)48-40(51)43(4)23-32(56-37-21-34(27-12-8-7-9-13-27)47-35-20-31(55-5)16-17-33(35)37)25-49(43)42(54)46-30(18-26(2)3)24-45-39(50)38-19-28-14-10-11-15-36(28)57-38/h6-9,11-13,15-17,19-21,23,26,29-30H,1,18,22,24-25H2,2-5H3,(H,45,50)(H,46,54)(H,48,51)(H,52,53)/t29-,30+,43?,44-/m1/s1. The molecule has 1 aliphatic carbocycles. The lowest BCUT2D eigenvalue weighted by molar-refractivity contribution is -0.144. The van der Waals surface area contributed by atoms with Gasteiger partial charge in [-0.2, -0.15) is 0 Å². The number of hydrogen-bond donors (Lipinski definition) is 4. The van der Waals surface area contributed by atoms with Crippen molar-refractivity contribution in [3.8, 4) is 22.8 Å². The van der Waals surface area contributed by atoms with Gasteiger partial charge in [0.05, 0.1) is 30.3 Å². The number of nitrogens with zero attached hydrogens (tertiary/aromatic N) is 2. The van der Waals surface area contributed by atoms with Crippen molar-refractivity contribution in [1.82, 2.24) is 25.8 Å². The highest BCUT2D eigenvalue weighted by atomic mass is 16.5. The molecule has 4 N–H and O–H groups in total. The number of benzene rings is 2. The number of rotatable bonds is 14. The smallest absolute Gasteiger partial charge is 0.330 e. The highest BCUT2D eigenvalue weighted by Crippen LogP contribution is 2.45. The third kappa shape index (κ3) is 7.71. The maximum absolute atomic E-state index is 14.4. The number of pyridine rings is 1. The van der Waals surface area contributed by atoms with Crippen LogP contribution in [0.2, 0.25) is 0 Å². The van der Waals surface area contributed by atoms with Crippen LogP contribution in [0.25, 0.3) is 33.1 Å².